The molecular formula is C66H68N4O4. The van der Waals surface area contributed by atoms with E-state index >= 15 is 0 Å². The molecule has 4 fully saturated rings. The molecular weight excluding hydrogens is 913 g/mol. The minimum atomic E-state index is -0.342. The lowest BCUT2D eigenvalue weighted by atomic mass is 9.70. The van der Waals surface area contributed by atoms with Crippen LogP contribution in [0, 0.1) is 49.4 Å². The van der Waals surface area contributed by atoms with Gasteiger partial charge in [0.2, 0.25) is 0 Å². The number of esters is 2. The number of ether oxygens (including phenoxy) is 2. The topological polar surface area (TPSA) is 105 Å². The molecule has 0 radical (unpaired) electrons. The van der Waals surface area contributed by atoms with Crippen LogP contribution in [0.15, 0.2) is 130 Å². The number of rotatable bonds is 6. The first kappa shape index (κ1) is 46.9. The van der Waals surface area contributed by atoms with E-state index in [0.29, 0.717) is 11.1 Å². The first-order valence-electron chi connectivity index (χ1n) is 28.0. The number of aryl methyl sites for hydroxylation is 2. The highest BCUT2D eigenvalue weighted by molar-refractivity contribution is 6.31. The van der Waals surface area contributed by atoms with Crippen LogP contribution in [0.3, 0.4) is 0 Å². The summed E-state index contributed by atoms with van der Waals surface area (Å²) in [5.74, 6) is 0.849. The minimum absolute atomic E-state index is 0.207. The van der Waals surface area contributed by atoms with E-state index in [1.54, 1.807) is 0 Å². The van der Waals surface area contributed by atoms with Crippen LogP contribution in [0.1, 0.15) is 167 Å². The summed E-state index contributed by atoms with van der Waals surface area (Å²) < 4.78 is 10.5. The fourth-order valence-corrected chi connectivity index (χ4v) is 14.9. The molecule has 0 spiro atoms. The van der Waals surface area contributed by atoms with Crippen LogP contribution in [0.4, 0.5) is 0 Å². The lowest BCUT2D eigenvalue weighted by molar-refractivity contribution is 0.0592. The van der Waals surface area contributed by atoms with Gasteiger partial charge in [-0.2, -0.15) is 0 Å². The van der Waals surface area contributed by atoms with Crippen LogP contribution >= 0.6 is 0 Å². The summed E-state index contributed by atoms with van der Waals surface area (Å²) >= 11 is 0. The number of nitrogens with zero attached hydrogens (tertiary/aromatic N) is 2. The minimum Gasteiger partial charge on any atom is -0.465 e. The molecule has 4 heterocycles. The Bertz CT molecular complexity index is 3290. The maximum atomic E-state index is 13.0. The SMILES string of the molecule is COC(=O)c1ccc(C2=C3N=C(C(c4ccc(C)cc4)=C4N=C(C(c5ccc(C)cc5)=C5NC(=C(c6ccc(C(=O)OC)cc6)c6[nH]c2c2c6CCCC2)C2CCCCC52)C2CCCCC42)C2CCCCC32)cc1. The Morgan fingerprint density at radius 3 is 1.28 bits per heavy atom. The van der Waals surface area contributed by atoms with Crippen molar-refractivity contribution >= 4 is 45.7 Å². The molecule has 74 heavy (non-hydrogen) atoms. The predicted molar refractivity (Wildman–Crippen MR) is 296 cm³/mol. The highest BCUT2D eigenvalue weighted by atomic mass is 16.5. The van der Waals surface area contributed by atoms with E-state index in [1.165, 1.54) is 125 Å². The second-order valence-electron chi connectivity index (χ2n) is 22.6. The number of carbonyl (C=O) groups is 2. The maximum Gasteiger partial charge on any atom is 0.337 e. The molecule has 8 bridgehead atoms. The molecule has 5 aromatic rings. The molecule has 2 N–H and O–H groups in total. The number of hydrogen-bond acceptors (Lipinski definition) is 7. The normalized spacial score (nSPS) is 25.1. The summed E-state index contributed by atoms with van der Waals surface area (Å²) in [6, 6.07) is 34.9. The van der Waals surface area contributed by atoms with Crippen molar-refractivity contribution in [1.82, 2.24) is 10.3 Å². The highest BCUT2D eigenvalue weighted by Gasteiger charge is 2.49. The number of H-pyrrole nitrogens is 1. The Morgan fingerprint density at radius 1 is 0.432 bits per heavy atom. The molecule has 4 aromatic carbocycles. The number of nitrogens with one attached hydrogen (secondary N) is 2. The van der Waals surface area contributed by atoms with Gasteiger partial charge in [0, 0.05) is 69.2 Å². The third kappa shape index (κ3) is 7.83. The number of aliphatic imine (C=N–C) groups is 2. The summed E-state index contributed by atoms with van der Waals surface area (Å²) in [5.41, 5.74) is 25.6. The van der Waals surface area contributed by atoms with Gasteiger partial charge in [-0.15, -0.1) is 0 Å². The number of aromatic nitrogens is 1. The van der Waals surface area contributed by atoms with Gasteiger partial charge in [-0.3, -0.25) is 9.98 Å². The third-order valence-corrected chi connectivity index (χ3v) is 18.4. The zero-order valence-corrected chi connectivity index (χ0v) is 43.5. The lowest BCUT2D eigenvalue weighted by Gasteiger charge is -2.31. The van der Waals surface area contributed by atoms with Crippen LogP contribution in [-0.4, -0.2) is 42.6 Å². The van der Waals surface area contributed by atoms with Gasteiger partial charge in [0.25, 0.3) is 0 Å². The van der Waals surface area contributed by atoms with E-state index in [4.69, 9.17) is 19.5 Å². The molecule has 8 aliphatic rings. The molecule has 3 aliphatic heterocycles. The fourth-order valence-electron chi connectivity index (χ4n) is 14.9. The average molecular weight is 981 g/mol. The fraction of sp³-hybridized carbons (Fsp3) is 0.394. The van der Waals surface area contributed by atoms with E-state index < -0.39 is 0 Å². The van der Waals surface area contributed by atoms with Crippen molar-refractivity contribution < 1.29 is 19.1 Å². The molecule has 8 nitrogen and oxygen atoms in total. The van der Waals surface area contributed by atoms with Crippen molar-refractivity contribution in [3.8, 4) is 0 Å². The second kappa shape index (κ2) is 19.2. The largest absolute Gasteiger partial charge is 0.465 e. The maximum absolute atomic E-state index is 13.0. The molecule has 13 rings (SSSR count). The van der Waals surface area contributed by atoms with Crippen molar-refractivity contribution in [2.24, 2.45) is 45.5 Å². The Kier molecular flexibility index (Phi) is 12.2. The molecule has 6 unspecified atom stereocenters. The van der Waals surface area contributed by atoms with Crippen LogP contribution < -0.4 is 5.32 Å². The lowest BCUT2D eigenvalue weighted by Crippen LogP contribution is -2.27. The summed E-state index contributed by atoms with van der Waals surface area (Å²) in [4.78, 5) is 42.8. The van der Waals surface area contributed by atoms with Gasteiger partial charge >= 0.3 is 11.9 Å². The predicted octanol–water partition coefficient (Wildman–Crippen LogP) is 14.4. The van der Waals surface area contributed by atoms with E-state index in [0.717, 1.165) is 104 Å². The van der Waals surface area contributed by atoms with Gasteiger partial charge in [0.1, 0.15) is 0 Å². The van der Waals surface area contributed by atoms with Crippen molar-refractivity contribution in [1.29, 1.82) is 0 Å². The van der Waals surface area contributed by atoms with Gasteiger partial charge in [-0.05, 0) is 136 Å². The molecule has 5 aliphatic carbocycles. The zero-order valence-electron chi connectivity index (χ0n) is 43.5. The van der Waals surface area contributed by atoms with Crippen LogP contribution in [0.25, 0.3) is 22.3 Å². The van der Waals surface area contributed by atoms with Crippen molar-refractivity contribution in [3.05, 3.63) is 187 Å². The average Bonchev–Trinajstić information content (AvgIpc) is 4.23. The van der Waals surface area contributed by atoms with Crippen LogP contribution in [0.5, 0.6) is 0 Å². The molecule has 8 heteroatoms. The van der Waals surface area contributed by atoms with Crippen molar-refractivity contribution in [2.75, 3.05) is 14.2 Å². The number of methoxy groups -OCH3 is 2. The monoisotopic (exact) mass is 981 g/mol. The van der Waals surface area contributed by atoms with Gasteiger partial charge in [0.15, 0.2) is 0 Å². The quantitative estimate of drug-likeness (QED) is 0.165. The van der Waals surface area contributed by atoms with Gasteiger partial charge in [0.05, 0.1) is 59.6 Å². The standard InChI is InChI=1S/C66H68N4O4/c1-37-21-25-39(26-22-37)53-57-45-13-5-6-14-46(45)58(67-57)54(40-27-23-38(2)24-28-40)60-48-16-8-10-18-50(48)62(69-60)56(42-31-35-44(36-32-42)66(72)74-4)64-52-20-12-11-19-51(52)63(70-64)55(41-29-33-43(34-30-41)65(71)73-3)61-49-17-9-7-15-47(49)59(53)68-61/h21-36,45-50,68,70H,5-20H2,1-4H3. The molecule has 3 saturated carbocycles. The summed E-state index contributed by atoms with van der Waals surface area (Å²) in [7, 11) is 2.90. The van der Waals surface area contributed by atoms with Gasteiger partial charge < -0.3 is 19.8 Å². The summed E-state index contributed by atoms with van der Waals surface area (Å²) in [6.07, 6.45) is 17.7. The van der Waals surface area contributed by atoms with Crippen LogP contribution in [-0.2, 0) is 22.3 Å². The number of benzene rings is 4. The molecule has 1 aromatic heterocycles. The van der Waals surface area contributed by atoms with E-state index in [1.807, 2.05) is 24.3 Å². The zero-order chi connectivity index (χ0) is 50.2. The van der Waals surface area contributed by atoms with E-state index in [-0.39, 0.29) is 47.4 Å². The molecule has 376 valence electrons. The molecule has 0 amide bonds. The first-order chi connectivity index (χ1) is 36.3. The molecule has 6 atom stereocenters. The summed E-state index contributed by atoms with van der Waals surface area (Å²) in [6.45, 7) is 4.39. The van der Waals surface area contributed by atoms with E-state index in [9.17, 15) is 9.59 Å². The Balaban J connectivity index is 1.20. The van der Waals surface area contributed by atoms with Crippen molar-refractivity contribution in [3.63, 3.8) is 0 Å². The number of hydrogen-bond donors (Lipinski definition) is 2. The third-order valence-electron chi connectivity index (χ3n) is 18.4. The summed E-state index contributed by atoms with van der Waals surface area (Å²) in [5, 5.41) is 4.42. The Hall–Kier alpha value is -6.80. The Labute approximate surface area is 436 Å². The number of carbonyl (C=O) groups excluding carboxylic acids is 2. The molecule has 1 saturated heterocycles. The smallest absolute Gasteiger partial charge is 0.337 e. The number of allylic oxidation sites excluding steroid dienone is 6. The van der Waals surface area contributed by atoms with Crippen molar-refractivity contribution in [2.45, 2.75) is 117 Å². The van der Waals surface area contributed by atoms with Crippen LogP contribution in [0.2, 0.25) is 0 Å². The van der Waals surface area contributed by atoms with E-state index in [2.05, 4.69) is 96.9 Å². The first-order valence-corrected chi connectivity index (χ1v) is 28.0. The number of aromatic amines is 1. The highest BCUT2D eigenvalue weighted by Crippen LogP contribution is 2.56. The van der Waals surface area contributed by atoms with Gasteiger partial charge in [-0.1, -0.05) is 122 Å². The Morgan fingerprint density at radius 2 is 0.797 bits per heavy atom. The van der Waals surface area contributed by atoms with Gasteiger partial charge in [-0.25, -0.2) is 9.59 Å². The second-order valence-corrected chi connectivity index (χ2v) is 22.6.